The highest BCUT2D eigenvalue weighted by Crippen LogP contribution is 2.08. The first-order chi connectivity index (χ1) is 14.0. The molecule has 0 saturated carbocycles. The minimum absolute atomic E-state index is 0.0304. The molecular weight excluding hydrogens is 388 g/mol. The predicted octanol–water partition coefficient (Wildman–Crippen LogP) is 2.32. The van der Waals surface area contributed by atoms with Gasteiger partial charge in [0.05, 0.1) is 11.1 Å². The van der Waals surface area contributed by atoms with E-state index in [1.165, 1.54) is 24.3 Å². The van der Waals surface area contributed by atoms with E-state index < -0.39 is 11.9 Å². The summed E-state index contributed by atoms with van der Waals surface area (Å²) < 4.78 is 9.97. The smallest absolute Gasteiger partial charge is 0.338 e. The monoisotopic (exact) mass is 420 g/mol. The van der Waals surface area contributed by atoms with Crippen molar-refractivity contribution in [3.63, 3.8) is 0 Å². The molecule has 30 heavy (non-hydrogen) atoms. The molecule has 0 bridgehead atoms. The molecule has 8 heteroatoms. The molecule has 1 aromatic rings. The van der Waals surface area contributed by atoms with Crippen LogP contribution in [0.4, 0.5) is 0 Å². The van der Waals surface area contributed by atoms with Gasteiger partial charge in [0.15, 0.2) is 13.2 Å². The minimum Gasteiger partial charge on any atom is -0.452 e. The normalized spacial score (nSPS) is 12.8. The van der Waals surface area contributed by atoms with Gasteiger partial charge in [-0.3, -0.25) is 9.59 Å². The number of ether oxygens (including phenoxy) is 2. The first-order valence-corrected chi connectivity index (χ1v) is 10.0. The molecule has 0 saturated heterocycles. The van der Waals surface area contributed by atoms with Crippen LogP contribution in [0.3, 0.4) is 0 Å². The summed E-state index contributed by atoms with van der Waals surface area (Å²) >= 11 is 0. The maximum atomic E-state index is 12.1. The molecule has 166 valence electrons. The van der Waals surface area contributed by atoms with Gasteiger partial charge in [-0.15, -0.1) is 0 Å². The molecule has 0 aliphatic heterocycles. The highest BCUT2D eigenvalue weighted by atomic mass is 16.5. The molecule has 1 aromatic carbocycles. The Hall–Kier alpha value is -2.90. The van der Waals surface area contributed by atoms with Gasteiger partial charge in [-0.2, -0.15) is 0 Å². The van der Waals surface area contributed by atoms with Crippen LogP contribution in [0, 0.1) is 11.8 Å². The van der Waals surface area contributed by atoms with Crippen LogP contribution in [-0.4, -0.2) is 49.1 Å². The Morgan fingerprint density at radius 2 is 0.967 bits per heavy atom. The average molecular weight is 421 g/mol. The molecule has 0 aromatic heterocycles. The summed E-state index contributed by atoms with van der Waals surface area (Å²) in [6.45, 7) is 10.9. The fourth-order valence-corrected chi connectivity index (χ4v) is 2.10. The summed E-state index contributed by atoms with van der Waals surface area (Å²) in [6, 6.07) is 5.53. The molecule has 0 unspecified atom stereocenters. The predicted molar refractivity (Wildman–Crippen MR) is 112 cm³/mol. The van der Waals surface area contributed by atoms with Crippen molar-refractivity contribution < 1.29 is 28.7 Å². The van der Waals surface area contributed by atoms with Crippen molar-refractivity contribution in [2.75, 3.05) is 13.2 Å². The van der Waals surface area contributed by atoms with Crippen molar-refractivity contribution in [2.45, 2.75) is 53.6 Å². The van der Waals surface area contributed by atoms with E-state index in [0.29, 0.717) is 0 Å². The molecule has 0 radical (unpaired) electrons. The number of nitrogens with one attached hydrogen (secondary N) is 2. The number of hydrogen-bond acceptors (Lipinski definition) is 6. The summed E-state index contributed by atoms with van der Waals surface area (Å²) in [7, 11) is 0. The fraction of sp³-hybridized carbons (Fsp3) is 0.545. The number of amides is 2. The third-order valence-corrected chi connectivity index (χ3v) is 4.80. The fourth-order valence-electron chi connectivity index (χ4n) is 2.10. The largest absolute Gasteiger partial charge is 0.452 e. The SMILES string of the molecule is CC(C)[C@H](C)NC(=O)COC(=O)c1ccc(C(=O)OCC(=O)N[C@H](C)C(C)C)cc1. The Labute approximate surface area is 177 Å². The Kier molecular flexibility index (Phi) is 10.0. The summed E-state index contributed by atoms with van der Waals surface area (Å²) in [5, 5.41) is 5.48. The zero-order chi connectivity index (χ0) is 22.8. The quantitative estimate of drug-likeness (QED) is 0.562. The van der Waals surface area contributed by atoms with Gasteiger partial charge in [-0.1, -0.05) is 27.7 Å². The first-order valence-electron chi connectivity index (χ1n) is 10.0. The van der Waals surface area contributed by atoms with Crippen LogP contribution in [0.2, 0.25) is 0 Å². The van der Waals surface area contributed by atoms with Crippen molar-refractivity contribution in [1.82, 2.24) is 10.6 Å². The second kappa shape index (κ2) is 11.9. The molecule has 8 nitrogen and oxygen atoms in total. The third-order valence-electron chi connectivity index (χ3n) is 4.80. The van der Waals surface area contributed by atoms with Crippen LogP contribution in [0.5, 0.6) is 0 Å². The van der Waals surface area contributed by atoms with Gasteiger partial charge in [0.25, 0.3) is 11.8 Å². The molecule has 2 atom stereocenters. The molecule has 2 N–H and O–H groups in total. The molecule has 0 heterocycles. The van der Waals surface area contributed by atoms with Crippen molar-refractivity contribution in [2.24, 2.45) is 11.8 Å². The van der Waals surface area contributed by atoms with E-state index in [1.807, 2.05) is 41.5 Å². The van der Waals surface area contributed by atoms with Gasteiger partial charge >= 0.3 is 11.9 Å². The molecule has 0 fully saturated rings. The molecular formula is C22H32N2O6. The second-order valence-corrected chi connectivity index (χ2v) is 7.93. The van der Waals surface area contributed by atoms with Gasteiger partial charge < -0.3 is 20.1 Å². The Balaban J connectivity index is 2.50. The van der Waals surface area contributed by atoms with E-state index in [1.54, 1.807) is 0 Å². The van der Waals surface area contributed by atoms with Gasteiger partial charge in [-0.25, -0.2) is 9.59 Å². The lowest BCUT2D eigenvalue weighted by Gasteiger charge is -2.17. The number of hydrogen-bond donors (Lipinski definition) is 2. The van der Waals surface area contributed by atoms with Crippen LogP contribution in [0.15, 0.2) is 24.3 Å². The van der Waals surface area contributed by atoms with Gasteiger partial charge in [0.2, 0.25) is 0 Å². The maximum absolute atomic E-state index is 12.1. The zero-order valence-corrected chi connectivity index (χ0v) is 18.5. The Morgan fingerprint density at radius 1 is 0.667 bits per heavy atom. The third kappa shape index (κ3) is 8.63. The van der Waals surface area contributed by atoms with E-state index in [9.17, 15) is 19.2 Å². The van der Waals surface area contributed by atoms with Crippen LogP contribution in [0.1, 0.15) is 62.3 Å². The lowest BCUT2D eigenvalue weighted by atomic mass is 10.1. The molecule has 0 aliphatic carbocycles. The standard InChI is InChI=1S/C22H32N2O6/c1-13(2)15(5)23-19(25)11-29-21(27)17-7-9-18(10-8-17)22(28)30-12-20(26)24-16(6)14(3)4/h7-10,13-16H,11-12H2,1-6H3,(H,23,25)(H,24,26)/t15-,16+. The van der Waals surface area contributed by atoms with E-state index in [-0.39, 0.29) is 60.1 Å². The number of carbonyl (C=O) groups excluding carboxylic acids is 4. The molecule has 0 aliphatic rings. The lowest BCUT2D eigenvalue weighted by molar-refractivity contribution is -0.125. The summed E-state index contributed by atoms with van der Waals surface area (Å²) in [4.78, 5) is 47.7. The van der Waals surface area contributed by atoms with Gasteiger partial charge in [0.1, 0.15) is 0 Å². The van der Waals surface area contributed by atoms with Crippen LogP contribution in [0.25, 0.3) is 0 Å². The van der Waals surface area contributed by atoms with Crippen molar-refractivity contribution >= 4 is 23.8 Å². The minimum atomic E-state index is -0.677. The number of esters is 2. The zero-order valence-electron chi connectivity index (χ0n) is 18.5. The molecule has 1 rings (SSSR count). The van der Waals surface area contributed by atoms with Gasteiger partial charge in [0, 0.05) is 12.1 Å². The summed E-state index contributed by atoms with van der Waals surface area (Å²) in [5.74, 6) is -1.58. The van der Waals surface area contributed by atoms with Gasteiger partial charge in [-0.05, 0) is 49.9 Å². The van der Waals surface area contributed by atoms with E-state index >= 15 is 0 Å². The number of carbonyl (C=O) groups is 4. The maximum Gasteiger partial charge on any atom is 0.338 e. The van der Waals surface area contributed by atoms with Crippen LogP contribution >= 0.6 is 0 Å². The van der Waals surface area contributed by atoms with E-state index in [0.717, 1.165) is 0 Å². The van der Waals surface area contributed by atoms with Crippen molar-refractivity contribution in [3.05, 3.63) is 35.4 Å². The Bertz CT molecular complexity index is 679. The topological polar surface area (TPSA) is 111 Å². The summed E-state index contributed by atoms with van der Waals surface area (Å²) in [5.41, 5.74) is 0.388. The number of benzene rings is 1. The highest BCUT2D eigenvalue weighted by molar-refractivity contribution is 5.94. The van der Waals surface area contributed by atoms with Crippen molar-refractivity contribution in [1.29, 1.82) is 0 Å². The average Bonchev–Trinajstić information content (AvgIpc) is 2.70. The van der Waals surface area contributed by atoms with Crippen molar-refractivity contribution in [3.8, 4) is 0 Å². The lowest BCUT2D eigenvalue weighted by Crippen LogP contribution is -2.38. The molecule has 2 amide bonds. The van der Waals surface area contributed by atoms with E-state index in [4.69, 9.17) is 9.47 Å². The number of rotatable bonds is 10. The van der Waals surface area contributed by atoms with Crippen LogP contribution in [-0.2, 0) is 19.1 Å². The summed E-state index contributed by atoms with van der Waals surface area (Å²) in [6.07, 6.45) is 0. The second-order valence-electron chi connectivity index (χ2n) is 7.93. The highest BCUT2D eigenvalue weighted by Gasteiger charge is 2.16. The van der Waals surface area contributed by atoms with Crippen LogP contribution < -0.4 is 10.6 Å². The molecule has 0 spiro atoms. The first kappa shape index (κ1) is 25.1. The van der Waals surface area contributed by atoms with E-state index in [2.05, 4.69) is 10.6 Å². The Morgan fingerprint density at radius 3 is 1.23 bits per heavy atom.